The van der Waals surface area contributed by atoms with Crippen molar-refractivity contribution >= 4 is 33.7 Å². The van der Waals surface area contributed by atoms with Crippen LogP contribution >= 0.6 is 11.6 Å². The summed E-state index contributed by atoms with van der Waals surface area (Å²) >= 11 is 3.13. The van der Waals surface area contributed by atoms with Gasteiger partial charge in [0.2, 0.25) is 0 Å². The zero-order valence-corrected chi connectivity index (χ0v) is 24.3. The van der Waals surface area contributed by atoms with Gasteiger partial charge in [-0.15, -0.1) is 0 Å². The Morgan fingerprint density at radius 3 is 1.97 bits per heavy atom. The van der Waals surface area contributed by atoms with Crippen molar-refractivity contribution in [2.75, 3.05) is 0 Å². The molecule has 0 bridgehead atoms. The number of imidazole rings is 1. The summed E-state index contributed by atoms with van der Waals surface area (Å²) in [6.45, 7) is 6.64. The third-order valence-electron chi connectivity index (χ3n) is 6.53. The summed E-state index contributed by atoms with van der Waals surface area (Å²) in [5, 5.41) is 0.508. The Labute approximate surface area is 215 Å². The van der Waals surface area contributed by atoms with E-state index in [1.807, 2.05) is 6.20 Å². The number of rotatable bonds is 12. The van der Waals surface area contributed by atoms with E-state index in [0.717, 1.165) is 29.0 Å². The fourth-order valence-corrected chi connectivity index (χ4v) is 19.9. The molecule has 0 spiro atoms. The van der Waals surface area contributed by atoms with E-state index in [2.05, 4.69) is 30.7 Å². The molecule has 0 N–H and O–H groups in total. The van der Waals surface area contributed by atoms with Gasteiger partial charge in [0.1, 0.15) is 0 Å². The monoisotopic (exact) mass is 614 g/mol. The predicted octanol–water partition coefficient (Wildman–Crippen LogP) is 8.06. The number of alkyl halides is 3. The number of nitrogens with zero attached hydrogens (tertiary/aromatic N) is 4. The molecule has 2 heterocycles. The van der Waals surface area contributed by atoms with Crippen molar-refractivity contribution in [1.82, 2.24) is 19.5 Å². The Morgan fingerprint density at radius 2 is 1.46 bits per heavy atom. The predicted molar refractivity (Wildman–Crippen MR) is 139 cm³/mol. The molecule has 0 aliphatic rings. The molecule has 3 rings (SSSR count). The first-order valence-corrected chi connectivity index (χ1v) is 20.4. The topological polar surface area (TPSA) is 43.6 Å². The first-order valence-electron chi connectivity index (χ1n) is 12.5. The van der Waals surface area contributed by atoms with Crippen LogP contribution in [0.1, 0.15) is 65.0 Å². The molecule has 0 atom stereocenters. The van der Waals surface area contributed by atoms with E-state index in [9.17, 15) is 13.2 Å². The number of unbranched alkanes of at least 4 members (excludes halogenated alkanes) is 3. The van der Waals surface area contributed by atoms with Crippen molar-refractivity contribution in [3.8, 4) is 17.2 Å². The van der Waals surface area contributed by atoms with Crippen LogP contribution in [0, 0.1) is 0 Å². The second kappa shape index (κ2) is 12.6. The summed E-state index contributed by atoms with van der Waals surface area (Å²) in [5.74, 6) is -0.00909. The Morgan fingerprint density at radius 1 is 0.886 bits per heavy atom. The number of hydrogen-bond acceptors (Lipinski definition) is 3. The van der Waals surface area contributed by atoms with Gasteiger partial charge in [0, 0.05) is 0 Å². The van der Waals surface area contributed by atoms with E-state index in [4.69, 9.17) is 16.6 Å². The van der Waals surface area contributed by atoms with Gasteiger partial charge in [-0.1, -0.05) is 0 Å². The van der Waals surface area contributed by atoms with Crippen LogP contribution in [0.2, 0.25) is 18.3 Å². The SMILES string of the molecule is CCC[CH2][Sn]([CH2]CCC)([CH2]CCC)[c]1cn(-c2nc(-c3ccc(Cl)cc3)cc(C(F)(F)F)n2)cn1. The van der Waals surface area contributed by atoms with Gasteiger partial charge >= 0.3 is 216 Å². The molecule has 2 aromatic heterocycles. The van der Waals surface area contributed by atoms with Gasteiger partial charge in [0.05, 0.1) is 0 Å². The summed E-state index contributed by atoms with van der Waals surface area (Å²) in [7, 11) is 0. The molecule has 0 aliphatic carbocycles. The van der Waals surface area contributed by atoms with Crippen molar-refractivity contribution < 1.29 is 13.2 Å². The molecule has 0 amide bonds. The second-order valence-corrected chi connectivity index (χ2v) is 22.7. The van der Waals surface area contributed by atoms with Crippen molar-refractivity contribution in [2.24, 2.45) is 0 Å². The van der Waals surface area contributed by atoms with Crippen molar-refractivity contribution in [3.05, 3.63) is 53.6 Å². The summed E-state index contributed by atoms with van der Waals surface area (Å²) in [4.78, 5) is 13.2. The number of aromatic nitrogens is 4. The first-order chi connectivity index (χ1) is 16.7. The van der Waals surface area contributed by atoms with Crippen LogP contribution in [0.3, 0.4) is 0 Å². The van der Waals surface area contributed by atoms with Crippen LogP contribution in [-0.2, 0) is 6.18 Å². The average Bonchev–Trinajstić information content (AvgIpc) is 3.34. The summed E-state index contributed by atoms with van der Waals surface area (Å²) in [5.41, 5.74) is -0.223. The van der Waals surface area contributed by atoms with Gasteiger partial charge in [-0.05, 0) is 0 Å². The van der Waals surface area contributed by atoms with Crippen LogP contribution < -0.4 is 3.71 Å². The first kappa shape index (κ1) is 28.0. The fraction of sp³-hybridized carbons (Fsp3) is 0.500. The standard InChI is InChI=1S/C14H7ClF3N4.3C4H9.Sn/c15-10-3-1-9(2-4-10)11-7-12(14(16,17)18)21-13(20-11)22-6-5-19-8-22;3*1-3-4-2;/h1-4,6-8H;3*1,3-4H2,2H3;. The van der Waals surface area contributed by atoms with Crippen LogP contribution in [0.25, 0.3) is 17.2 Å². The van der Waals surface area contributed by atoms with E-state index >= 15 is 0 Å². The second-order valence-electron chi connectivity index (χ2n) is 9.20. The minimum absolute atomic E-state index is 0.00909. The van der Waals surface area contributed by atoms with Gasteiger partial charge in [-0.25, -0.2) is 0 Å². The van der Waals surface area contributed by atoms with E-state index < -0.39 is 30.2 Å². The minimum atomic E-state index is -4.59. The molecular formula is C26H34ClF3N4Sn. The molecule has 0 saturated heterocycles. The maximum atomic E-state index is 13.7. The van der Waals surface area contributed by atoms with E-state index in [1.54, 1.807) is 35.2 Å². The third kappa shape index (κ3) is 7.21. The Balaban J connectivity index is 2.08. The van der Waals surface area contributed by atoms with Gasteiger partial charge in [0.15, 0.2) is 0 Å². The molecule has 0 fully saturated rings. The molecule has 0 unspecified atom stereocenters. The third-order valence-corrected chi connectivity index (χ3v) is 21.8. The Hall–Kier alpha value is -1.61. The van der Waals surface area contributed by atoms with Crippen molar-refractivity contribution in [1.29, 1.82) is 0 Å². The number of halogens is 4. The molecule has 4 nitrogen and oxygen atoms in total. The van der Waals surface area contributed by atoms with E-state index in [1.165, 1.54) is 32.6 Å². The molecule has 1 aromatic carbocycles. The molecule has 9 heteroatoms. The molecule has 0 aliphatic heterocycles. The number of hydrogen-bond donors (Lipinski definition) is 0. The molecule has 35 heavy (non-hydrogen) atoms. The van der Waals surface area contributed by atoms with Gasteiger partial charge in [-0.3, -0.25) is 0 Å². The molecular weight excluding hydrogens is 579 g/mol. The average molecular weight is 614 g/mol. The zero-order chi connectivity index (χ0) is 25.5. The van der Waals surface area contributed by atoms with Gasteiger partial charge in [-0.2, -0.15) is 0 Å². The fourth-order valence-electron chi connectivity index (χ4n) is 4.47. The normalized spacial score (nSPS) is 12.3. The van der Waals surface area contributed by atoms with Crippen LogP contribution in [0.4, 0.5) is 13.2 Å². The summed E-state index contributed by atoms with van der Waals surface area (Å²) in [6.07, 6.45) is 5.89. The van der Waals surface area contributed by atoms with Crippen LogP contribution in [-0.4, -0.2) is 37.9 Å². The maximum absolute atomic E-state index is 13.7. The van der Waals surface area contributed by atoms with Crippen LogP contribution in [0.5, 0.6) is 0 Å². The Bertz CT molecular complexity index is 1060. The van der Waals surface area contributed by atoms with Gasteiger partial charge < -0.3 is 0 Å². The van der Waals surface area contributed by atoms with E-state index in [0.29, 0.717) is 10.6 Å². The van der Waals surface area contributed by atoms with Crippen LogP contribution in [0.15, 0.2) is 42.9 Å². The quantitative estimate of drug-likeness (QED) is 0.194. The van der Waals surface area contributed by atoms with Crippen molar-refractivity contribution in [3.63, 3.8) is 0 Å². The van der Waals surface area contributed by atoms with Crippen molar-refractivity contribution in [2.45, 2.75) is 78.8 Å². The van der Waals surface area contributed by atoms with Gasteiger partial charge in [0.25, 0.3) is 0 Å². The Kier molecular flexibility index (Phi) is 10.0. The van der Waals surface area contributed by atoms with E-state index in [-0.39, 0.29) is 11.6 Å². The molecule has 190 valence electrons. The molecule has 3 aromatic rings. The number of benzene rings is 1. The zero-order valence-electron chi connectivity index (χ0n) is 20.7. The summed E-state index contributed by atoms with van der Waals surface area (Å²) in [6, 6.07) is 7.59. The molecule has 0 saturated carbocycles. The molecule has 0 radical (unpaired) electrons. The summed E-state index contributed by atoms with van der Waals surface area (Å²) < 4.78 is 47.6.